The molecule has 150 valence electrons. The molecule has 0 aromatic heterocycles. The van der Waals surface area contributed by atoms with Gasteiger partial charge in [-0.3, -0.25) is 14.4 Å². The second-order valence-corrected chi connectivity index (χ2v) is 7.12. The Kier molecular flexibility index (Phi) is 10.8. The standard InChI is InChI=1S/C19H27Cl2N3O3/c1-3-11-24(19(27)7-5-4-6-10-22-14(2)25)13-18(26)23-17-9-8-15(20)12-16(17)21/h8-9,12H,3-7,10-11,13H2,1-2H3,(H,22,25)(H,23,26). The number of hydrogen-bond donors (Lipinski definition) is 2. The maximum Gasteiger partial charge on any atom is 0.244 e. The Hall–Kier alpha value is -1.79. The zero-order valence-electron chi connectivity index (χ0n) is 15.8. The largest absolute Gasteiger partial charge is 0.356 e. The minimum Gasteiger partial charge on any atom is -0.356 e. The quantitative estimate of drug-likeness (QED) is 0.538. The molecule has 0 saturated carbocycles. The Morgan fingerprint density at radius 1 is 1.11 bits per heavy atom. The van der Waals surface area contributed by atoms with Gasteiger partial charge in [-0.15, -0.1) is 0 Å². The van der Waals surface area contributed by atoms with Crippen molar-refractivity contribution in [2.45, 2.75) is 46.0 Å². The maximum atomic E-state index is 12.4. The van der Waals surface area contributed by atoms with Gasteiger partial charge in [0.1, 0.15) is 0 Å². The van der Waals surface area contributed by atoms with E-state index in [9.17, 15) is 14.4 Å². The van der Waals surface area contributed by atoms with Crippen LogP contribution in [-0.4, -0.2) is 42.3 Å². The van der Waals surface area contributed by atoms with E-state index in [1.807, 2.05) is 6.92 Å². The van der Waals surface area contributed by atoms with Crippen molar-refractivity contribution in [3.63, 3.8) is 0 Å². The van der Waals surface area contributed by atoms with Gasteiger partial charge in [-0.05, 0) is 37.5 Å². The highest BCUT2D eigenvalue weighted by atomic mass is 35.5. The van der Waals surface area contributed by atoms with E-state index in [1.165, 1.54) is 6.92 Å². The minimum absolute atomic E-state index is 0.0163. The van der Waals surface area contributed by atoms with E-state index < -0.39 is 0 Å². The molecule has 1 aromatic rings. The summed E-state index contributed by atoms with van der Waals surface area (Å²) in [6, 6.07) is 4.82. The lowest BCUT2D eigenvalue weighted by molar-refractivity contribution is -0.134. The predicted molar refractivity (Wildman–Crippen MR) is 109 cm³/mol. The molecule has 0 unspecified atom stereocenters. The van der Waals surface area contributed by atoms with Gasteiger partial charge in [0.05, 0.1) is 17.3 Å². The number of halogens is 2. The Balaban J connectivity index is 2.45. The second kappa shape index (κ2) is 12.6. The Bertz CT molecular complexity index is 653. The molecular formula is C19H27Cl2N3O3. The van der Waals surface area contributed by atoms with Crippen molar-refractivity contribution < 1.29 is 14.4 Å². The molecule has 27 heavy (non-hydrogen) atoms. The summed E-state index contributed by atoms with van der Waals surface area (Å²) in [4.78, 5) is 37.0. The predicted octanol–water partition coefficient (Wildman–Crippen LogP) is 3.87. The first kappa shape index (κ1) is 23.2. The van der Waals surface area contributed by atoms with Crippen LogP contribution in [0.2, 0.25) is 10.0 Å². The minimum atomic E-state index is -0.299. The molecule has 2 N–H and O–H groups in total. The SMILES string of the molecule is CCCN(CC(=O)Nc1ccc(Cl)cc1Cl)C(=O)CCCCCNC(C)=O. The summed E-state index contributed by atoms with van der Waals surface area (Å²) in [5.74, 6) is -0.396. The number of nitrogens with zero attached hydrogens (tertiary/aromatic N) is 1. The molecule has 0 aliphatic rings. The van der Waals surface area contributed by atoms with Crippen molar-refractivity contribution >= 4 is 46.6 Å². The monoisotopic (exact) mass is 415 g/mol. The van der Waals surface area contributed by atoms with E-state index in [2.05, 4.69) is 10.6 Å². The first-order valence-corrected chi connectivity index (χ1v) is 9.86. The summed E-state index contributed by atoms with van der Waals surface area (Å²) >= 11 is 11.9. The third kappa shape index (κ3) is 9.63. The molecule has 8 heteroatoms. The van der Waals surface area contributed by atoms with Crippen LogP contribution in [0.5, 0.6) is 0 Å². The summed E-state index contributed by atoms with van der Waals surface area (Å²) < 4.78 is 0. The van der Waals surface area contributed by atoms with E-state index in [0.717, 1.165) is 25.7 Å². The number of rotatable bonds is 11. The molecule has 1 rings (SSSR count). The van der Waals surface area contributed by atoms with Gasteiger partial charge in [0, 0.05) is 31.5 Å². The zero-order valence-corrected chi connectivity index (χ0v) is 17.3. The van der Waals surface area contributed by atoms with E-state index in [-0.39, 0.29) is 24.3 Å². The molecule has 0 atom stereocenters. The van der Waals surface area contributed by atoms with Crippen molar-refractivity contribution in [2.24, 2.45) is 0 Å². The average Bonchev–Trinajstić information content (AvgIpc) is 2.59. The average molecular weight is 416 g/mol. The van der Waals surface area contributed by atoms with Gasteiger partial charge in [-0.1, -0.05) is 36.5 Å². The highest BCUT2D eigenvalue weighted by molar-refractivity contribution is 6.36. The van der Waals surface area contributed by atoms with Crippen molar-refractivity contribution in [3.8, 4) is 0 Å². The Morgan fingerprint density at radius 2 is 1.85 bits per heavy atom. The number of amides is 3. The van der Waals surface area contributed by atoms with Crippen LogP contribution in [0.3, 0.4) is 0 Å². The zero-order chi connectivity index (χ0) is 20.2. The maximum absolute atomic E-state index is 12.4. The summed E-state index contributed by atoms with van der Waals surface area (Å²) in [5, 5.41) is 6.28. The first-order valence-electron chi connectivity index (χ1n) is 9.10. The number of carbonyl (C=O) groups is 3. The number of benzene rings is 1. The summed E-state index contributed by atoms with van der Waals surface area (Å²) in [6.45, 7) is 4.56. The molecule has 0 heterocycles. The normalized spacial score (nSPS) is 10.4. The van der Waals surface area contributed by atoms with E-state index in [0.29, 0.717) is 35.2 Å². The molecule has 0 radical (unpaired) electrons. The van der Waals surface area contributed by atoms with Gasteiger partial charge in [-0.2, -0.15) is 0 Å². The molecule has 0 aliphatic heterocycles. The van der Waals surface area contributed by atoms with Gasteiger partial charge >= 0.3 is 0 Å². The third-order valence-corrected chi connectivity index (χ3v) is 4.38. The van der Waals surface area contributed by atoms with Crippen molar-refractivity contribution in [1.29, 1.82) is 0 Å². The molecule has 1 aromatic carbocycles. The molecule has 0 bridgehead atoms. The van der Waals surface area contributed by atoms with Crippen LogP contribution in [-0.2, 0) is 14.4 Å². The van der Waals surface area contributed by atoms with Gasteiger partial charge in [-0.25, -0.2) is 0 Å². The van der Waals surface area contributed by atoms with Gasteiger partial charge in [0.2, 0.25) is 17.7 Å². The molecular weight excluding hydrogens is 389 g/mol. The number of hydrogen-bond acceptors (Lipinski definition) is 3. The second-order valence-electron chi connectivity index (χ2n) is 6.28. The molecule has 0 aliphatic carbocycles. The summed E-state index contributed by atoms with van der Waals surface area (Å²) in [7, 11) is 0. The van der Waals surface area contributed by atoms with Crippen LogP contribution in [0.1, 0.15) is 46.0 Å². The fourth-order valence-electron chi connectivity index (χ4n) is 2.52. The molecule has 6 nitrogen and oxygen atoms in total. The van der Waals surface area contributed by atoms with Crippen LogP contribution in [0.15, 0.2) is 18.2 Å². The summed E-state index contributed by atoms with van der Waals surface area (Å²) in [5.41, 5.74) is 0.466. The molecule has 0 saturated heterocycles. The first-order chi connectivity index (χ1) is 12.8. The van der Waals surface area contributed by atoms with Crippen LogP contribution in [0, 0.1) is 0 Å². The number of carbonyl (C=O) groups excluding carboxylic acids is 3. The van der Waals surface area contributed by atoms with Crippen molar-refractivity contribution in [3.05, 3.63) is 28.2 Å². The fraction of sp³-hybridized carbons (Fsp3) is 0.526. The van der Waals surface area contributed by atoms with Crippen molar-refractivity contribution in [2.75, 3.05) is 25.0 Å². The van der Waals surface area contributed by atoms with E-state index >= 15 is 0 Å². The topological polar surface area (TPSA) is 78.5 Å². The highest BCUT2D eigenvalue weighted by Crippen LogP contribution is 2.25. The lowest BCUT2D eigenvalue weighted by Gasteiger charge is -2.22. The summed E-state index contributed by atoms with van der Waals surface area (Å²) in [6.07, 6.45) is 3.55. The molecule has 0 fully saturated rings. The van der Waals surface area contributed by atoms with Crippen LogP contribution in [0.4, 0.5) is 5.69 Å². The van der Waals surface area contributed by atoms with Crippen LogP contribution in [0.25, 0.3) is 0 Å². The smallest absolute Gasteiger partial charge is 0.244 e. The van der Waals surface area contributed by atoms with Gasteiger partial charge < -0.3 is 15.5 Å². The van der Waals surface area contributed by atoms with Crippen molar-refractivity contribution in [1.82, 2.24) is 10.2 Å². The fourth-order valence-corrected chi connectivity index (χ4v) is 2.97. The Labute approximate surface area is 170 Å². The lowest BCUT2D eigenvalue weighted by Crippen LogP contribution is -2.38. The van der Waals surface area contributed by atoms with Gasteiger partial charge in [0.15, 0.2) is 0 Å². The van der Waals surface area contributed by atoms with Crippen LogP contribution >= 0.6 is 23.2 Å². The molecule has 0 spiro atoms. The molecule has 3 amide bonds. The lowest BCUT2D eigenvalue weighted by atomic mass is 10.1. The number of unbranched alkanes of at least 4 members (excludes halogenated alkanes) is 2. The van der Waals surface area contributed by atoms with E-state index in [1.54, 1.807) is 23.1 Å². The van der Waals surface area contributed by atoms with E-state index in [4.69, 9.17) is 23.2 Å². The van der Waals surface area contributed by atoms with Gasteiger partial charge in [0.25, 0.3) is 0 Å². The highest BCUT2D eigenvalue weighted by Gasteiger charge is 2.17. The third-order valence-electron chi connectivity index (χ3n) is 3.83. The Morgan fingerprint density at radius 3 is 2.48 bits per heavy atom. The van der Waals surface area contributed by atoms with Crippen LogP contribution < -0.4 is 10.6 Å². The number of nitrogens with one attached hydrogen (secondary N) is 2. The number of anilines is 1.